The molecule has 0 unspecified atom stereocenters. The predicted octanol–water partition coefficient (Wildman–Crippen LogP) is 1.04. The van der Waals surface area contributed by atoms with E-state index >= 15 is 0 Å². The average molecular weight is 589 g/mol. The number of rotatable bonds is 6. The topological polar surface area (TPSA) is 188 Å². The number of carbonyl (C=O) groups excluding carboxylic acids is 3. The summed E-state index contributed by atoms with van der Waals surface area (Å²) in [6, 6.07) is 3.53. The van der Waals surface area contributed by atoms with E-state index in [1.165, 1.54) is 41.4 Å². The molecule has 3 aliphatic rings. The lowest BCUT2D eigenvalue weighted by atomic mass is 9.72. The molecule has 0 bridgehead atoms. The van der Waals surface area contributed by atoms with Crippen molar-refractivity contribution in [3.63, 3.8) is 0 Å². The average Bonchev–Trinajstić information content (AvgIpc) is 2.94. The van der Waals surface area contributed by atoms with Crippen molar-refractivity contribution in [3.8, 4) is 17.2 Å². The van der Waals surface area contributed by atoms with Crippen LogP contribution < -0.4 is 4.74 Å². The van der Waals surface area contributed by atoms with Crippen LogP contribution in [0.4, 0.5) is 0 Å². The molecule has 2 aromatic carbocycles. The van der Waals surface area contributed by atoms with Crippen LogP contribution in [0.3, 0.4) is 0 Å². The lowest BCUT2D eigenvalue weighted by molar-refractivity contribution is -0.323. The minimum absolute atomic E-state index is 0.112. The van der Waals surface area contributed by atoms with Gasteiger partial charge in [0.25, 0.3) is 0 Å². The number of aliphatic hydroxyl groups excluding tert-OH is 1. The van der Waals surface area contributed by atoms with Crippen LogP contribution in [0.2, 0.25) is 0 Å². The normalized spacial score (nSPS) is 32.3. The fourth-order valence-electron chi connectivity index (χ4n) is 6.14. The first kappa shape index (κ1) is 30.0. The van der Waals surface area contributed by atoms with Crippen LogP contribution in [-0.2, 0) is 23.7 Å². The molecule has 42 heavy (non-hydrogen) atoms. The summed E-state index contributed by atoms with van der Waals surface area (Å²) in [5, 5.41) is 44.4. The highest BCUT2D eigenvalue weighted by Crippen LogP contribution is 2.49. The molecule has 4 N–H and O–H groups in total. The number of Topliss-reactive ketones (excluding diaryl/α,β-unsaturated/α-hetero) is 1. The second-order valence-corrected chi connectivity index (χ2v) is 10.6. The molecule has 1 aliphatic heterocycles. The fraction of sp³-hybridized carbons (Fsp3) is 0.483. The van der Waals surface area contributed by atoms with Gasteiger partial charge in [0.2, 0.25) is 5.78 Å². The Morgan fingerprint density at radius 1 is 0.857 bits per heavy atom. The fourth-order valence-corrected chi connectivity index (χ4v) is 6.14. The number of hydrogen-bond acceptors (Lipinski definition) is 13. The van der Waals surface area contributed by atoms with Crippen molar-refractivity contribution >= 4 is 17.3 Å². The molecule has 5 rings (SSSR count). The SMILES string of the molecule is COc1cc(O)c2c(c1)C(=O)c1cc3c(c(O)c1C2=O)[C@H](O[C@@H]1O[C@@H](C)[C@H](OC)[C@@H](O)[C@@H]1OC)[C@@H](OC)[C@](C)(O)C3=O. The zero-order valence-electron chi connectivity index (χ0n) is 23.7. The molecule has 1 fully saturated rings. The molecule has 8 atom stereocenters. The molecule has 0 spiro atoms. The number of phenols is 2. The summed E-state index contributed by atoms with van der Waals surface area (Å²) in [7, 11) is 5.25. The summed E-state index contributed by atoms with van der Waals surface area (Å²) in [4.78, 5) is 40.9. The maximum atomic E-state index is 13.7. The van der Waals surface area contributed by atoms with Crippen LogP contribution >= 0.6 is 0 Å². The van der Waals surface area contributed by atoms with Crippen molar-refractivity contribution in [1.82, 2.24) is 0 Å². The zero-order valence-corrected chi connectivity index (χ0v) is 23.7. The highest BCUT2D eigenvalue weighted by Gasteiger charge is 2.56. The van der Waals surface area contributed by atoms with E-state index in [9.17, 15) is 34.8 Å². The van der Waals surface area contributed by atoms with Gasteiger partial charge < -0.3 is 48.8 Å². The van der Waals surface area contributed by atoms with E-state index in [1.807, 2.05) is 0 Å². The molecule has 1 heterocycles. The van der Waals surface area contributed by atoms with Crippen LogP contribution in [0.15, 0.2) is 18.2 Å². The van der Waals surface area contributed by atoms with Gasteiger partial charge in [0, 0.05) is 49.6 Å². The van der Waals surface area contributed by atoms with Crippen LogP contribution in [0, 0.1) is 0 Å². The third-order valence-corrected chi connectivity index (χ3v) is 8.26. The molecule has 0 aromatic heterocycles. The molecule has 1 saturated heterocycles. The molecule has 2 aliphatic carbocycles. The highest BCUT2D eigenvalue weighted by atomic mass is 16.7. The number of benzene rings is 2. The molecule has 0 amide bonds. The van der Waals surface area contributed by atoms with Crippen LogP contribution in [0.1, 0.15) is 67.7 Å². The first-order valence-corrected chi connectivity index (χ1v) is 13.1. The van der Waals surface area contributed by atoms with E-state index in [4.69, 9.17) is 28.4 Å². The Bertz CT molecular complexity index is 1460. The van der Waals surface area contributed by atoms with E-state index in [0.717, 1.165) is 12.1 Å². The molecular weight excluding hydrogens is 556 g/mol. The van der Waals surface area contributed by atoms with Gasteiger partial charge in [-0.1, -0.05) is 0 Å². The molecule has 0 saturated carbocycles. The third kappa shape index (κ3) is 4.23. The number of methoxy groups -OCH3 is 4. The largest absolute Gasteiger partial charge is 0.507 e. The number of ether oxygens (including phenoxy) is 6. The molecular formula is C29H32O13. The second-order valence-electron chi connectivity index (χ2n) is 10.6. The Morgan fingerprint density at radius 2 is 1.50 bits per heavy atom. The predicted molar refractivity (Wildman–Crippen MR) is 141 cm³/mol. The van der Waals surface area contributed by atoms with Gasteiger partial charge in [-0.05, 0) is 26.0 Å². The number of fused-ring (bicyclic) bond motifs is 3. The van der Waals surface area contributed by atoms with E-state index in [2.05, 4.69) is 0 Å². The van der Waals surface area contributed by atoms with E-state index < -0.39 is 82.9 Å². The number of ketones is 3. The summed E-state index contributed by atoms with van der Waals surface area (Å²) in [5.74, 6) is -3.74. The van der Waals surface area contributed by atoms with Crippen molar-refractivity contribution in [2.75, 3.05) is 28.4 Å². The van der Waals surface area contributed by atoms with Crippen LogP contribution in [-0.4, -0.2) is 109 Å². The Morgan fingerprint density at radius 3 is 2.10 bits per heavy atom. The molecule has 226 valence electrons. The maximum absolute atomic E-state index is 13.7. The van der Waals surface area contributed by atoms with Crippen LogP contribution in [0.5, 0.6) is 17.2 Å². The quantitative estimate of drug-likeness (QED) is 0.320. The summed E-state index contributed by atoms with van der Waals surface area (Å²) < 4.78 is 33.5. The van der Waals surface area contributed by atoms with Gasteiger partial charge in [-0.25, -0.2) is 0 Å². The summed E-state index contributed by atoms with van der Waals surface area (Å²) in [6.07, 6.45) is -8.04. The number of phenolic OH excluding ortho intramolecular Hbond substituents is 2. The minimum atomic E-state index is -2.23. The van der Waals surface area contributed by atoms with Crippen molar-refractivity contribution in [3.05, 3.63) is 51.6 Å². The van der Waals surface area contributed by atoms with Gasteiger partial charge in [-0.2, -0.15) is 0 Å². The van der Waals surface area contributed by atoms with Crippen molar-refractivity contribution in [1.29, 1.82) is 0 Å². The summed E-state index contributed by atoms with van der Waals surface area (Å²) >= 11 is 0. The Balaban J connectivity index is 1.69. The van der Waals surface area contributed by atoms with Crippen molar-refractivity contribution < 1.29 is 63.2 Å². The number of aliphatic hydroxyl groups is 2. The van der Waals surface area contributed by atoms with E-state index in [1.54, 1.807) is 6.92 Å². The van der Waals surface area contributed by atoms with E-state index in [0.29, 0.717) is 0 Å². The molecule has 13 heteroatoms. The molecule has 2 aromatic rings. The molecule has 0 radical (unpaired) electrons. The summed E-state index contributed by atoms with van der Waals surface area (Å²) in [6.45, 7) is 2.83. The Kier molecular flexibility index (Phi) is 7.64. The lowest BCUT2D eigenvalue weighted by Gasteiger charge is -2.46. The minimum Gasteiger partial charge on any atom is -0.507 e. The Labute approximate surface area is 240 Å². The number of aromatic hydroxyl groups is 2. The monoisotopic (exact) mass is 588 g/mol. The first-order chi connectivity index (χ1) is 19.8. The van der Waals surface area contributed by atoms with Gasteiger partial charge >= 0.3 is 0 Å². The number of hydrogen-bond donors (Lipinski definition) is 4. The van der Waals surface area contributed by atoms with E-state index in [-0.39, 0.29) is 33.6 Å². The van der Waals surface area contributed by atoms with Gasteiger partial charge in [0.15, 0.2) is 23.5 Å². The first-order valence-electron chi connectivity index (χ1n) is 13.1. The zero-order chi connectivity index (χ0) is 30.8. The summed E-state index contributed by atoms with van der Waals surface area (Å²) in [5.41, 5.74) is -4.09. The van der Waals surface area contributed by atoms with Gasteiger partial charge in [-0.3, -0.25) is 14.4 Å². The van der Waals surface area contributed by atoms with Crippen molar-refractivity contribution in [2.24, 2.45) is 0 Å². The number of carbonyl (C=O) groups is 3. The standard InChI is InChI=1S/C29H32O13/c1-10-23(38-4)22(34)25(39-5)28(41-10)42-24-18-14(26(35)29(2,36)27(24)40-6)9-13-17(21(18)33)20(32)16-12(19(13)31)7-11(37-3)8-15(16)30/h7-10,22-25,27-28,30,33-34,36H,1-6H3/t10-,22+,23-,24-,25-,27+,28-,29+/m0/s1. The molecule has 13 nitrogen and oxygen atoms in total. The second kappa shape index (κ2) is 10.7. The smallest absolute Gasteiger partial charge is 0.201 e. The van der Waals surface area contributed by atoms with Crippen molar-refractivity contribution in [2.45, 2.75) is 62.4 Å². The van der Waals surface area contributed by atoms with Gasteiger partial charge in [0.1, 0.15) is 47.8 Å². The third-order valence-electron chi connectivity index (χ3n) is 8.26. The van der Waals surface area contributed by atoms with Crippen LogP contribution in [0.25, 0.3) is 0 Å². The van der Waals surface area contributed by atoms with Gasteiger partial charge in [-0.15, -0.1) is 0 Å². The maximum Gasteiger partial charge on any atom is 0.201 e. The lowest BCUT2D eigenvalue weighted by Crippen LogP contribution is -2.61. The highest BCUT2D eigenvalue weighted by molar-refractivity contribution is 6.31. The Hall–Kier alpha value is -3.43. The van der Waals surface area contributed by atoms with Gasteiger partial charge in [0.05, 0.1) is 24.3 Å².